The van der Waals surface area contributed by atoms with Crippen LogP contribution in [0.1, 0.15) is 37.8 Å². The summed E-state index contributed by atoms with van der Waals surface area (Å²) < 4.78 is 27.7. The van der Waals surface area contributed by atoms with Gasteiger partial charge in [-0.15, -0.1) is 6.58 Å². The molecule has 0 aliphatic heterocycles. The Morgan fingerprint density at radius 3 is 2.31 bits per heavy atom. The zero-order valence-electron chi connectivity index (χ0n) is 15.6. The minimum absolute atomic E-state index is 0.232. The van der Waals surface area contributed by atoms with Crippen LogP contribution in [0.2, 0.25) is 0 Å². The van der Waals surface area contributed by atoms with Crippen molar-refractivity contribution in [3.63, 3.8) is 0 Å². The van der Waals surface area contributed by atoms with Crippen LogP contribution in [-0.4, -0.2) is 24.6 Å². The van der Waals surface area contributed by atoms with Crippen LogP contribution in [0.25, 0.3) is 0 Å². The van der Waals surface area contributed by atoms with E-state index < -0.39 is 16.1 Å². The van der Waals surface area contributed by atoms with Crippen LogP contribution >= 0.6 is 0 Å². The van der Waals surface area contributed by atoms with E-state index in [0.717, 1.165) is 17.5 Å². The molecule has 4 nitrogen and oxygen atoms in total. The Morgan fingerprint density at radius 2 is 1.77 bits per heavy atom. The number of nitrogens with zero attached hydrogens (tertiary/aromatic N) is 2. The third kappa shape index (κ3) is 4.61. The summed E-state index contributed by atoms with van der Waals surface area (Å²) in [7, 11) is -3.78. The maximum Gasteiger partial charge on any atom is 0.279 e. The molecule has 0 N–H and O–H groups in total. The molecule has 1 atom stereocenters. The first-order valence-corrected chi connectivity index (χ1v) is 10.2. The summed E-state index contributed by atoms with van der Waals surface area (Å²) in [5.74, 6) is 0. The van der Waals surface area contributed by atoms with Crippen molar-refractivity contribution in [3.8, 4) is 0 Å². The van der Waals surface area contributed by atoms with E-state index in [-0.39, 0.29) is 4.90 Å². The summed E-state index contributed by atoms with van der Waals surface area (Å²) in [4.78, 5) is 0.232. The fraction of sp³-hybridized carbons (Fsp3) is 0.286. The Labute approximate surface area is 156 Å². The minimum atomic E-state index is -3.78. The summed E-state index contributed by atoms with van der Waals surface area (Å²) in [5, 5.41) is 4.50. The maximum absolute atomic E-state index is 13.3. The number of hydrogen-bond donors (Lipinski definition) is 0. The minimum Gasteiger partial charge on any atom is -0.200 e. The fourth-order valence-corrected chi connectivity index (χ4v) is 4.10. The van der Waals surface area contributed by atoms with Gasteiger partial charge < -0.3 is 0 Å². The van der Waals surface area contributed by atoms with Crippen LogP contribution in [0.3, 0.4) is 0 Å². The normalized spacial score (nSPS) is 13.3. The van der Waals surface area contributed by atoms with Crippen LogP contribution in [0.15, 0.2) is 77.2 Å². The van der Waals surface area contributed by atoms with E-state index in [0.29, 0.717) is 12.1 Å². The average molecular weight is 371 g/mol. The number of benzene rings is 2. The summed E-state index contributed by atoms with van der Waals surface area (Å²) >= 11 is 0. The van der Waals surface area contributed by atoms with Crippen molar-refractivity contribution in [2.75, 3.05) is 0 Å². The lowest BCUT2D eigenvalue weighted by atomic mass is 10.1. The Bertz CT molecular complexity index is 857. The highest BCUT2D eigenvalue weighted by molar-refractivity contribution is 7.89. The van der Waals surface area contributed by atoms with Gasteiger partial charge in [-0.25, -0.2) is 0 Å². The largest absolute Gasteiger partial charge is 0.279 e. The molecule has 0 aromatic heterocycles. The fourth-order valence-electron chi connectivity index (χ4n) is 2.62. The molecule has 0 bridgehead atoms. The summed E-state index contributed by atoms with van der Waals surface area (Å²) in [5.41, 5.74) is 2.54. The van der Waals surface area contributed by atoms with Crippen molar-refractivity contribution in [2.24, 2.45) is 5.10 Å². The second-order valence-electron chi connectivity index (χ2n) is 6.23. The van der Waals surface area contributed by atoms with E-state index >= 15 is 0 Å². The summed E-state index contributed by atoms with van der Waals surface area (Å²) in [6.07, 6.45) is 3.13. The Balaban J connectivity index is 2.53. The highest BCUT2D eigenvalue weighted by Crippen LogP contribution is 2.23. The first-order chi connectivity index (χ1) is 12.4. The first kappa shape index (κ1) is 19.9. The highest BCUT2D eigenvalue weighted by atomic mass is 32.2. The molecule has 2 aromatic rings. The van der Waals surface area contributed by atoms with Gasteiger partial charge >= 0.3 is 0 Å². The molecule has 0 fully saturated rings. The quantitative estimate of drug-likeness (QED) is 0.382. The van der Waals surface area contributed by atoms with Crippen molar-refractivity contribution in [2.45, 2.75) is 44.6 Å². The van der Waals surface area contributed by atoms with Crippen molar-refractivity contribution in [3.05, 3.63) is 78.4 Å². The van der Waals surface area contributed by atoms with Gasteiger partial charge in [-0.2, -0.15) is 17.9 Å². The number of aryl methyl sites for hydroxylation is 1. The zero-order chi connectivity index (χ0) is 19.2. The van der Waals surface area contributed by atoms with Crippen LogP contribution in [0.5, 0.6) is 0 Å². The van der Waals surface area contributed by atoms with Crippen LogP contribution in [-0.2, 0) is 10.0 Å². The van der Waals surface area contributed by atoms with Gasteiger partial charge in [0, 0.05) is 0 Å². The van der Waals surface area contributed by atoms with Crippen LogP contribution < -0.4 is 0 Å². The lowest BCUT2D eigenvalue weighted by Crippen LogP contribution is -2.35. The lowest BCUT2D eigenvalue weighted by molar-refractivity contribution is 0.360. The van der Waals surface area contributed by atoms with E-state index in [1.165, 1.54) is 4.41 Å². The third-order valence-electron chi connectivity index (χ3n) is 4.15. The lowest BCUT2D eigenvalue weighted by Gasteiger charge is -2.27. The molecule has 0 spiro atoms. The standard InChI is InChI=1S/C21H26N2O2S/c1-5-10-20(6-2)23(22-18(4)19-11-8-7-9-12-19)26(24,25)21-15-13-17(3)14-16-21/h6-9,11-16,20H,2,5,10H2,1,3-4H3/b22-18+. The van der Waals surface area contributed by atoms with Crippen LogP contribution in [0, 0.1) is 6.92 Å². The van der Waals surface area contributed by atoms with Crippen molar-refractivity contribution in [1.29, 1.82) is 0 Å². The molecule has 138 valence electrons. The Kier molecular flexibility index (Phi) is 6.75. The topological polar surface area (TPSA) is 49.7 Å². The molecule has 2 rings (SSSR count). The predicted octanol–water partition coefficient (Wildman–Crippen LogP) is 4.76. The molecule has 0 saturated heterocycles. The molecule has 0 aliphatic carbocycles. The molecule has 26 heavy (non-hydrogen) atoms. The van der Waals surface area contributed by atoms with Gasteiger partial charge in [-0.1, -0.05) is 67.4 Å². The van der Waals surface area contributed by atoms with E-state index in [1.807, 2.05) is 51.1 Å². The molecule has 0 heterocycles. The van der Waals surface area contributed by atoms with Gasteiger partial charge in [0.2, 0.25) is 0 Å². The van der Waals surface area contributed by atoms with Crippen LogP contribution in [0.4, 0.5) is 0 Å². The molecule has 5 heteroatoms. The van der Waals surface area contributed by atoms with E-state index in [4.69, 9.17) is 0 Å². The first-order valence-electron chi connectivity index (χ1n) is 8.74. The predicted molar refractivity (Wildman–Crippen MR) is 108 cm³/mol. The van der Waals surface area contributed by atoms with E-state index in [1.54, 1.807) is 30.3 Å². The van der Waals surface area contributed by atoms with Crippen molar-refractivity contribution < 1.29 is 8.42 Å². The van der Waals surface area contributed by atoms with Gasteiger partial charge in [0.25, 0.3) is 10.0 Å². The zero-order valence-corrected chi connectivity index (χ0v) is 16.4. The summed E-state index contributed by atoms with van der Waals surface area (Å²) in [6, 6.07) is 16.0. The van der Waals surface area contributed by atoms with Gasteiger partial charge in [0.15, 0.2) is 0 Å². The second kappa shape index (κ2) is 8.81. The average Bonchev–Trinajstić information content (AvgIpc) is 2.65. The van der Waals surface area contributed by atoms with Gasteiger partial charge in [0.05, 0.1) is 16.6 Å². The maximum atomic E-state index is 13.3. The molecule has 1 unspecified atom stereocenters. The SMILES string of the molecule is C=CC(CCC)N(/N=C(\C)c1ccccc1)S(=O)(=O)c1ccc(C)cc1. The molecular weight excluding hydrogens is 344 g/mol. The number of sulfonamides is 1. The molecular formula is C21H26N2O2S. The second-order valence-corrected chi connectivity index (χ2v) is 8.03. The highest BCUT2D eigenvalue weighted by Gasteiger charge is 2.28. The monoisotopic (exact) mass is 370 g/mol. The molecule has 2 aromatic carbocycles. The van der Waals surface area contributed by atoms with E-state index in [2.05, 4.69) is 11.7 Å². The Morgan fingerprint density at radius 1 is 1.15 bits per heavy atom. The van der Waals surface area contributed by atoms with Gasteiger partial charge in [-0.05, 0) is 38.0 Å². The summed E-state index contributed by atoms with van der Waals surface area (Å²) in [6.45, 7) is 9.59. The smallest absolute Gasteiger partial charge is 0.200 e. The number of hydrogen-bond acceptors (Lipinski definition) is 3. The number of hydrazone groups is 1. The van der Waals surface area contributed by atoms with E-state index in [9.17, 15) is 8.42 Å². The number of rotatable bonds is 8. The molecule has 0 aliphatic rings. The molecule has 0 saturated carbocycles. The Hall–Kier alpha value is -2.40. The van der Waals surface area contributed by atoms with Crippen molar-refractivity contribution in [1.82, 2.24) is 4.41 Å². The van der Waals surface area contributed by atoms with Crippen molar-refractivity contribution >= 4 is 15.7 Å². The third-order valence-corrected chi connectivity index (χ3v) is 5.86. The van der Waals surface area contributed by atoms with Gasteiger partial charge in [0.1, 0.15) is 0 Å². The van der Waals surface area contributed by atoms with Gasteiger partial charge in [-0.3, -0.25) is 0 Å². The molecule has 0 amide bonds. The molecule has 0 radical (unpaired) electrons.